The molecule has 0 aliphatic heterocycles. The molecule has 0 saturated carbocycles. The Kier molecular flexibility index (Phi) is 4.58. The molecule has 4 aromatic rings. The van der Waals surface area contributed by atoms with E-state index < -0.39 is 17.6 Å². The summed E-state index contributed by atoms with van der Waals surface area (Å²) >= 11 is 1.10. The van der Waals surface area contributed by atoms with E-state index in [1.807, 2.05) is 6.92 Å². The molecule has 4 rings (SSSR count). The number of hydrogen-bond donors (Lipinski definition) is 1. The van der Waals surface area contributed by atoms with Crippen molar-refractivity contribution in [3.05, 3.63) is 58.9 Å². The minimum Gasteiger partial charge on any atom is -0.319 e. The van der Waals surface area contributed by atoms with Crippen molar-refractivity contribution in [3.8, 4) is 10.6 Å². The average Bonchev–Trinajstić information content (AvgIpc) is 3.27. The smallest absolute Gasteiger partial charge is 0.319 e. The highest BCUT2D eigenvalue weighted by Crippen LogP contribution is 2.33. The zero-order valence-electron chi connectivity index (χ0n) is 15.3. The van der Waals surface area contributed by atoms with Gasteiger partial charge in [0.1, 0.15) is 10.7 Å². The summed E-state index contributed by atoms with van der Waals surface area (Å²) in [5, 5.41) is 9.64. The number of nitrogens with zero attached hydrogens (tertiary/aromatic N) is 4. The van der Waals surface area contributed by atoms with Crippen LogP contribution < -0.4 is 5.32 Å². The molecule has 0 unspecified atom stereocenters. The van der Waals surface area contributed by atoms with E-state index in [1.54, 1.807) is 17.8 Å². The predicted octanol–water partition coefficient (Wildman–Crippen LogP) is 4.67. The lowest BCUT2D eigenvalue weighted by Gasteiger charge is -2.07. The molecule has 10 heteroatoms. The van der Waals surface area contributed by atoms with Crippen LogP contribution in [0.2, 0.25) is 0 Å². The molecule has 0 bridgehead atoms. The van der Waals surface area contributed by atoms with Gasteiger partial charge in [-0.2, -0.15) is 18.3 Å². The van der Waals surface area contributed by atoms with Gasteiger partial charge < -0.3 is 5.32 Å². The van der Waals surface area contributed by atoms with Gasteiger partial charge in [0.25, 0.3) is 5.91 Å². The molecule has 1 aromatic carbocycles. The lowest BCUT2D eigenvalue weighted by molar-refractivity contribution is -0.137. The van der Waals surface area contributed by atoms with Crippen LogP contribution in [-0.4, -0.2) is 25.7 Å². The number of aryl methyl sites for hydroxylation is 2. The highest BCUT2D eigenvalue weighted by Gasteiger charge is 2.30. The zero-order valence-corrected chi connectivity index (χ0v) is 16.1. The van der Waals surface area contributed by atoms with E-state index >= 15 is 0 Å². The fraction of sp³-hybridized carbons (Fsp3) is 0.158. The van der Waals surface area contributed by atoms with Gasteiger partial charge >= 0.3 is 6.18 Å². The molecule has 0 atom stereocenters. The molecule has 0 spiro atoms. The van der Waals surface area contributed by atoms with Crippen LogP contribution in [0.4, 0.5) is 18.9 Å². The van der Waals surface area contributed by atoms with Crippen LogP contribution in [0.5, 0.6) is 0 Å². The van der Waals surface area contributed by atoms with Crippen LogP contribution in [0.3, 0.4) is 0 Å². The Hall–Kier alpha value is -3.27. The normalized spacial score (nSPS) is 11.8. The van der Waals surface area contributed by atoms with E-state index in [2.05, 4.69) is 20.4 Å². The molecule has 1 N–H and O–H groups in total. The van der Waals surface area contributed by atoms with Gasteiger partial charge in [0.2, 0.25) is 0 Å². The van der Waals surface area contributed by atoms with Gasteiger partial charge in [-0.25, -0.2) is 9.97 Å². The number of hydrogen-bond acceptors (Lipinski definition) is 5. The van der Waals surface area contributed by atoms with Gasteiger partial charge in [-0.05, 0) is 25.1 Å². The Labute approximate surface area is 167 Å². The molecule has 148 valence electrons. The number of nitrogens with one attached hydrogen (secondary N) is 1. The maximum Gasteiger partial charge on any atom is 0.416 e. The number of carbonyl (C=O) groups is 1. The number of halogens is 3. The molecule has 6 nitrogen and oxygen atoms in total. The number of thiazole rings is 1. The summed E-state index contributed by atoms with van der Waals surface area (Å²) in [6.07, 6.45) is -2.93. The lowest BCUT2D eigenvalue weighted by atomic mass is 10.1. The Bertz CT molecular complexity index is 1230. The second-order valence-electron chi connectivity index (χ2n) is 6.37. The fourth-order valence-electron chi connectivity index (χ4n) is 2.91. The van der Waals surface area contributed by atoms with E-state index in [9.17, 15) is 18.0 Å². The summed E-state index contributed by atoms with van der Waals surface area (Å²) in [5.41, 5.74) is 1.62. The average molecular weight is 417 g/mol. The van der Waals surface area contributed by atoms with Crippen molar-refractivity contribution in [2.24, 2.45) is 7.05 Å². The third kappa shape index (κ3) is 3.70. The molecule has 0 saturated heterocycles. The highest BCUT2D eigenvalue weighted by molar-refractivity contribution is 7.13. The number of amides is 1. The minimum absolute atomic E-state index is 0.116. The summed E-state index contributed by atoms with van der Waals surface area (Å²) in [6, 6.07) is 6.62. The van der Waals surface area contributed by atoms with E-state index in [-0.39, 0.29) is 5.69 Å². The van der Waals surface area contributed by atoms with Crippen molar-refractivity contribution >= 4 is 34.0 Å². The van der Waals surface area contributed by atoms with Crippen molar-refractivity contribution in [1.29, 1.82) is 0 Å². The van der Waals surface area contributed by atoms with Crippen LogP contribution >= 0.6 is 11.3 Å². The van der Waals surface area contributed by atoms with Crippen LogP contribution in [0.1, 0.15) is 21.7 Å². The van der Waals surface area contributed by atoms with Gasteiger partial charge in [0.15, 0.2) is 5.65 Å². The summed E-state index contributed by atoms with van der Waals surface area (Å²) in [7, 11) is 1.78. The number of carbonyl (C=O) groups excluding carboxylic acids is 1. The Morgan fingerprint density at radius 1 is 1.24 bits per heavy atom. The molecule has 0 aliphatic carbocycles. The largest absolute Gasteiger partial charge is 0.416 e. The van der Waals surface area contributed by atoms with E-state index in [4.69, 9.17) is 0 Å². The van der Waals surface area contributed by atoms with Crippen LogP contribution in [0, 0.1) is 6.92 Å². The summed E-state index contributed by atoms with van der Waals surface area (Å²) < 4.78 is 40.4. The molecule has 0 aliphatic rings. The number of alkyl halides is 3. The van der Waals surface area contributed by atoms with Crippen molar-refractivity contribution in [2.75, 3.05) is 5.32 Å². The molecule has 0 fully saturated rings. The van der Waals surface area contributed by atoms with E-state index in [0.717, 1.165) is 34.5 Å². The third-order valence-corrected chi connectivity index (χ3v) is 5.19. The number of benzene rings is 1. The first kappa shape index (κ1) is 19.1. The number of fused-ring (bicyclic) bond motifs is 1. The number of aromatic nitrogens is 4. The van der Waals surface area contributed by atoms with Crippen molar-refractivity contribution in [2.45, 2.75) is 13.1 Å². The second-order valence-corrected chi connectivity index (χ2v) is 7.23. The summed E-state index contributed by atoms with van der Waals surface area (Å²) in [4.78, 5) is 21.0. The predicted molar refractivity (Wildman–Crippen MR) is 104 cm³/mol. The van der Waals surface area contributed by atoms with Crippen LogP contribution in [-0.2, 0) is 13.2 Å². The van der Waals surface area contributed by atoms with Crippen molar-refractivity contribution in [3.63, 3.8) is 0 Å². The van der Waals surface area contributed by atoms with E-state index in [0.29, 0.717) is 21.9 Å². The monoisotopic (exact) mass is 417 g/mol. The summed E-state index contributed by atoms with van der Waals surface area (Å²) in [6.45, 7) is 1.84. The van der Waals surface area contributed by atoms with Gasteiger partial charge in [0.05, 0.1) is 23.1 Å². The maximum absolute atomic E-state index is 12.9. The molecule has 1 amide bonds. The molecule has 29 heavy (non-hydrogen) atoms. The first-order valence-corrected chi connectivity index (χ1v) is 9.34. The fourth-order valence-corrected chi connectivity index (χ4v) is 3.71. The topological polar surface area (TPSA) is 72.7 Å². The first-order valence-electron chi connectivity index (χ1n) is 8.46. The minimum atomic E-state index is -4.44. The third-order valence-electron chi connectivity index (χ3n) is 4.29. The Morgan fingerprint density at radius 2 is 2.03 bits per heavy atom. The summed E-state index contributed by atoms with van der Waals surface area (Å²) in [5.74, 6) is -0.470. The SMILES string of the molecule is Cc1nn(C)c2ncc(NC(=O)c3csc(-c4cccc(C(F)(F)F)c4)n3)cc12. The maximum atomic E-state index is 12.9. The number of anilines is 1. The standard InChI is InChI=1S/C19H14F3N5OS/c1-10-14-7-13(8-23-16(14)27(2)26-10)24-17(28)15-9-29-18(25-15)11-4-3-5-12(6-11)19(20,21)22/h3-9H,1-2H3,(H,24,28). The van der Waals surface area contributed by atoms with Crippen LogP contribution in [0.25, 0.3) is 21.6 Å². The number of rotatable bonds is 3. The second kappa shape index (κ2) is 6.96. The molecular formula is C19H14F3N5OS. The highest BCUT2D eigenvalue weighted by atomic mass is 32.1. The Morgan fingerprint density at radius 3 is 2.79 bits per heavy atom. The molecule has 3 aromatic heterocycles. The van der Waals surface area contributed by atoms with Crippen molar-refractivity contribution < 1.29 is 18.0 Å². The van der Waals surface area contributed by atoms with Gasteiger partial charge in [-0.1, -0.05) is 12.1 Å². The van der Waals surface area contributed by atoms with Gasteiger partial charge in [-0.3, -0.25) is 9.48 Å². The Balaban J connectivity index is 1.57. The van der Waals surface area contributed by atoms with Gasteiger partial charge in [0, 0.05) is 23.4 Å². The zero-order chi connectivity index (χ0) is 20.8. The quantitative estimate of drug-likeness (QED) is 0.526. The molecule has 3 heterocycles. The first-order chi connectivity index (χ1) is 13.7. The molecular weight excluding hydrogens is 403 g/mol. The van der Waals surface area contributed by atoms with Gasteiger partial charge in [-0.15, -0.1) is 11.3 Å². The van der Waals surface area contributed by atoms with Crippen molar-refractivity contribution in [1.82, 2.24) is 19.7 Å². The molecule has 0 radical (unpaired) electrons. The lowest BCUT2D eigenvalue weighted by Crippen LogP contribution is -2.12. The van der Waals surface area contributed by atoms with E-state index in [1.165, 1.54) is 23.7 Å². The number of pyridine rings is 1. The van der Waals surface area contributed by atoms with Crippen LogP contribution in [0.15, 0.2) is 41.9 Å².